The molecular weight excluding hydrogens is 402 g/mol. The first-order valence-electron chi connectivity index (χ1n) is 8.05. The molecule has 3 rings (SSSR count). The third-order valence-electron chi connectivity index (χ3n) is 4.51. The number of rotatable bonds is 4. The molecular formula is C16H19Cl2FN4O2S. The van der Waals surface area contributed by atoms with Gasteiger partial charge in [0, 0.05) is 45.3 Å². The second-order valence-electron chi connectivity index (χ2n) is 6.23. The van der Waals surface area contributed by atoms with Crippen molar-refractivity contribution >= 4 is 33.2 Å². The van der Waals surface area contributed by atoms with E-state index < -0.39 is 15.8 Å². The molecule has 0 unspecified atom stereocenters. The Morgan fingerprint density at radius 1 is 1.19 bits per heavy atom. The van der Waals surface area contributed by atoms with Gasteiger partial charge in [-0.3, -0.25) is 9.58 Å². The largest absolute Gasteiger partial charge is 0.296 e. The van der Waals surface area contributed by atoms with Crippen LogP contribution in [0.3, 0.4) is 0 Å². The Balaban J connectivity index is 1.68. The van der Waals surface area contributed by atoms with E-state index in [9.17, 15) is 12.8 Å². The van der Waals surface area contributed by atoms with Gasteiger partial charge in [-0.05, 0) is 25.1 Å². The second-order valence-corrected chi connectivity index (χ2v) is 8.94. The van der Waals surface area contributed by atoms with Crippen LogP contribution in [0.15, 0.2) is 23.1 Å². The van der Waals surface area contributed by atoms with Crippen LogP contribution in [0.2, 0.25) is 10.2 Å². The molecule has 1 aromatic heterocycles. The van der Waals surface area contributed by atoms with Crippen molar-refractivity contribution in [1.29, 1.82) is 0 Å². The van der Waals surface area contributed by atoms with Crippen molar-refractivity contribution in [3.63, 3.8) is 0 Å². The van der Waals surface area contributed by atoms with E-state index in [2.05, 4.69) is 10.00 Å². The number of piperazine rings is 1. The zero-order chi connectivity index (χ0) is 19.1. The van der Waals surface area contributed by atoms with E-state index in [0.717, 1.165) is 23.4 Å². The molecule has 1 fully saturated rings. The zero-order valence-electron chi connectivity index (χ0n) is 14.4. The van der Waals surface area contributed by atoms with Gasteiger partial charge in [0.2, 0.25) is 10.0 Å². The molecule has 1 aromatic carbocycles. The number of halogens is 3. The molecule has 0 atom stereocenters. The Hall–Kier alpha value is -1.19. The molecule has 1 aliphatic heterocycles. The maximum Gasteiger partial charge on any atom is 0.243 e. The summed E-state index contributed by atoms with van der Waals surface area (Å²) in [5, 5.41) is 4.69. The molecule has 10 heteroatoms. The van der Waals surface area contributed by atoms with Crippen molar-refractivity contribution in [3.05, 3.63) is 45.4 Å². The Kier molecular flexibility index (Phi) is 5.60. The number of sulfonamides is 1. The van der Waals surface area contributed by atoms with E-state index in [0.29, 0.717) is 37.9 Å². The summed E-state index contributed by atoms with van der Waals surface area (Å²) in [7, 11) is -1.91. The van der Waals surface area contributed by atoms with E-state index >= 15 is 0 Å². The summed E-state index contributed by atoms with van der Waals surface area (Å²) < 4.78 is 41.8. The van der Waals surface area contributed by atoms with Gasteiger partial charge in [-0.2, -0.15) is 9.40 Å². The molecule has 2 heterocycles. The first-order chi connectivity index (χ1) is 12.2. The van der Waals surface area contributed by atoms with E-state index in [1.54, 1.807) is 11.7 Å². The monoisotopic (exact) mass is 420 g/mol. The van der Waals surface area contributed by atoms with E-state index in [-0.39, 0.29) is 9.92 Å². The predicted molar refractivity (Wildman–Crippen MR) is 98.4 cm³/mol. The molecule has 26 heavy (non-hydrogen) atoms. The molecule has 0 radical (unpaired) electrons. The second kappa shape index (κ2) is 7.44. The topological polar surface area (TPSA) is 58.4 Å². The zero-order valence-corrected chi connectivity index (χ0v) is 16.7. The van der Waals surface area contributed by atoms with Crippen molar-refractivity contribution in [2.45, 2.75) is 18.4 Å². The number of nitrogens with zero attached hydrogens (tertiary/aromatic N) is 4. The number of benzene rings is 1. The fourth-order valence-electron chi connectivity index (χ4n) is 2.99. The summed E-state index contributed by atoms with van der Waals surface area (Å²) in [6, 6.07) is 3.46. The van der Waals surface area contributed by atoms with Gasteiger partial charge >= 0.3 is 0 Å². The van der Waals surface area contributed by atoms with Crippen LogP contribution in [0, 0.1) is 12.7 Å². The van der Waals surface area contributed by atoms with Gasteiger partial charge in [0.1, 0.15) is 11.0 Å². The molecule has 0 spiro atoms. The van der Waals surface area contributed by atoms with Crippen LogP contribution in [0.5, 0.6) is 0 Å². The summed E-state index contributed by atoms with van der Waals surface area (Å²) >= 11 is 12.0. The van der Waals surface area contributed by atoms with Crippen molar-refractivity contribution < 1.29 is 12.8 Å². The quantitative estimate of drug-likeness (QED) is 0.762. The van der Waals surface area contributed by atoms with Crippen LogP contribution < -0.4 is 0 Å². The number of aryl methyl sites for hydroxylation is 2. The smallest absolute Gasteiger partial charge is 0.243 e. The minimum Gasteiger partial charge on any atom is -0.296 e. The molecule has 6 nitrogen and oxygen atoms in total. The lowest BCUT2D eigenvalue weighted by atomic mass is 10.2. The summed E-state index contributed by atoms with van der Waals surface area (Å²) in [6.45, 7) is 4.34. The highest BCUT2D eigenvalue weighted by molar-refractivity contribution is 7.89. The lowest BCUT2D eigenvalue weighted by Gasteiger charge is -2.34. The fraction of sp³-hybridized carbons (Fsp3) is 0.438. The van der Waals surface area contributed by atoms with Gasteiger partial charge in [-0.1, -0.05) is 23.2 Å². The molecule has 0 saturated carbocycles. The summed E-state index contributed by atoms with van der Waals surface area (Å²) in [5.74, 6) is -0.640. The van der Waals surface area contributed by atoms with Crippen molar-refractivity contribution in [3.8, 4) is 0 Å². The molecule has 142 valence electrons. The maximum absolute atomic E-state index is 13.3. The first-order valence-corrected chi connectivity index (χ1v) is 10.3. The van der Waals surface area contributed by atoms with Crippen LogP contribution in [-0.2, 0) is 23.6 Å². The van der Waals surface area contributed by atoms with Crippen LogP contribution in [0.4, 0.5) is 4.39 Å². The third kappa shape index (κ3) is 3.75. The summed E-state index contributed by atoms with van der Waals surface area (Å²) in [6.07, 6.45) is 0. The molecule has 2 aromatic rings. The Bertz CT molecular complexity index is 925. The minimum atomic E-state index is -3.70. The van der Waals surface area contributed by atoms with Crippen LogP contribution >= 0.6 is 23.2 Å². The SMILES string of the molecule is Cc1nn(C)c(Cl)c1CN1CCN(S(=O)(=O)c2ccc(F)c(Cl)c2)CC1. The predicted octanol–water partition coefficient (Wildman–Crippen LogP) is 2.68. The fourth-order valence-corrected chi connectivity index (χ4v) is 4.92. The van der Waals surface area contributed by atoms with Gasteiger partial charge < -0.3 is 0 Å². The number of hydrogen-bond donors (Lipinski definition) is 0. The molecule has 1 saturated heterocycles. The minimum absolute atomic E-state index is 0.00324. The lowest BCUT2D eigenvalue weighted by Crippen LogP contribution is -2.48. The highest BCUT2D eigenvalue weighted by atomic mass is 35.5. The highest BCUT2D eigenvalue weighted by Gasteiger charge is 2.29. The summed E-state index contributed by atoms with van der Waals surface area (Å²) in [4.78, 5) is 2.14. The Morgan fingerprint density at radius 2 is 1.85 bits per heavy atom. The average Bonchev–Trinajstić information content (AvgIpc) is 2.84. The number of aromatic nitrogens is 2. The molecule has 1 aliphatic rings. The highest BCUT2D eigenvalue weighted by Crippen LogP contribution is 2.25. The van der Waals surface area contributed by atoms with Crippen LogP contribution in [0.25, 0.3) is 0 Å². The van der Waals surface area contributed by atoms with Crippen molar-refractivity contribution in [1.82, 2.24) is 19.0 Å². The van der Waals surface area contributed by atoms with E-state index in [1.165, 1.54) is 10.4 Å². The van der Waals surface area contributed by atoms with E-state index in [4.69, 9.17) is 23.2 Å². The molecule has 0 amide bonds. The van der Waals surface area contributed by atoms with Crippen molar-refractivity contribution in [2.24, 2.45) is 7.05 Å². The van der Waals surface area contributed by atoms with E-state index in [1.807, 2.05) is 6.92 Å². The van der Waals surface area contributed by atoms with Crippen LogP contribution in [0.1, 0.15) is 11.3 Å². The summed E-state index contributed by atoms with van der Waals surface area (Å²) in [5.41, 5.74) is 1.82. The normalized spacial score (nSPS) is 17.0. The van der Waals surface area contributed by atoms with Gasteiger partial charge in [0.15, 0.2) is 0 Å². The standard InChI is InChI=1S/C16H19Cl2FN4O2S/c1-11-13(16(18)21(2)20-11)10-22-5-7-23(8-6-22)26(24,25)12-3-4-15(19)14(17)9-12/h3-4,9H,5-8,10H2,1-2H3. The Labute approximate surface area is 162 Å². The lowest BCUT2D eigenvalue weighted by molar-refractivity contribution is 0.181. The van der Waals surface area contributed by atoms with Crippen LogP contribution in [-0.4, -0.2) is 53.6 Å². The molecule has 0 bridgehead atoms. The van der Waals surface area contributed by atoms with Gasteiger partial charge in [0.05, 0.1) is 15.6 Å². The first kappa shape index (κ1) is 19.6. The van der Waals surface area contributed by atoms with Gasteiger partial charge in [0.25, 0.3) is 0 Å². The van der Waals surface area contributed by atoms with Gasteiger partial charge in [-0.15, -0.1) is 0 Å². The third-order valence-corrected chi connectivity index (χ3v) is 7.17. The number of hydrogen-bond acceptors (Lipinski definition) is 4. The maximum atomic E-state index is 13.3. The Morgan fingerprint density at radius 3 is 2.38 bits per heavy atom. The molecule has 0 aliphatic carbocycles. The molecule has 0 N–H and O–H groups in total. The van der Waals surface area contributed by atoms with Gasteiger partial charge in [-0.25, -0.2) is 12.8 Å². The average molecular weight is 421 g/mol. The van der Waals surface area contributed by atoms with Crippen molar-refractivity contribution in [2.75, 3.05) is 26.2 Å².